The van der Waals surface area contributed by atoms with Crippen molar-refractivity contribution < 1.29 is 44.1 Å². The molecule has 3 saturated heterocycles. The van der Waals surface area contributed by atoms with Crippen molar-refractivity contribution in [2.45, 2.75) is 212 Å². The minimum Gasteiger partial charge on any atom is -0.480 e. The number of likely N-dealkylation sites (tertiary alicyclic amines) is 3. The van der Waals surface area contributed by atoms with Gasteiger partial charge in [0, 0.05) is 72.1 Å². The van der Waals surface area contributed by atoms with Gasteiger partial charge in [-0.25, -0.2) is 15.0 Å². The fourth-order valence-corrected chi connectivity index (χ4v) is 12.0. The van der Waals surface area contributed by atoms with Gasteiger partial charge in [-0.1, -0.05) is 0 Å². The number of hydrogen-bond donors (Lipinski definition) is 6. The standard InChI is InChI=1S/C42H69N9O9/c1-22(52)49-37(4,5)16-25(17-38(49,6)7)43-28(34(55)56)31-46-32(29(35(57)58)44-26-18-39(8,9)50(23(2)53)40(10,11)19-26)48-33(47-31)30(36(59)60)45-27-20-41(12,13)51(24(3)54)42(14,15)21-27/h25-30,43-45H,16-21H2,1-15H3,(H,55,56)(H,57,58)(H,59,60). The van der Waals surface area contributed by atoms with Crippen LogP contribution in [0.2, 0.25) is 0 Å². The van der Waals surface area contributed by atoms with Crippen LogP contribution >= 0.6 is 0 Å². The number of amides is 3. The molecule has 4 heterocycles. The van der Waals surface area contributed by atoms with Crippen LogP contribution in [0.5, 0.6) is 0 Å². The Bertz CT molecular complexity index is 1600. The molecule has 60 heavy (non-hydrogen) atoms. The molecule has 6 N–H and O–H groups in total. The molecule has 3 amide bonds. The normalized spacial score (nSPS) is 23.9. The van der Waals surface area contributed by atoms with E-state index in [1.807, 2.05) is 83.1 Å². The average Bonchev–Trinajstić information content (AvgIpc) is 2.99. The number of carbonyl (C=O) groups is 6. The van der Waals surface area contributed by atoms with E-state index in [9.17, 15) is 44.1 Å². The van der Waals surface area contributed by atoms with Crippen molar-refractivity contribution in [3.8, 4) is 0 Å². The van der Waals surface area contributed by atoms with Gasteiger partial charge < -0.3 is 30.0 Å². The lowest BCUT2D eigenvalue weighted by atomic mass is 9.76. The van der Waals surface area contributed by atoms with Crippen molar-refractivity contribution in [2.24, 2.45) is 0 Å². The largest absolute Gasteiger partial charge is 0.480 e. The van der Waals surface area contributed by atoms with Gasteiger partial charge in [0.2, 0.25) is 17.7 Å². The number of hydrogen-bond acceptors (Lipinski definition) is 12. The second-order valence-corrected chi connectivity index (χ2v) is 21.0. The summed E-state index contributed by atoms with van der Waals surface area (Å²) in [7, 11) is 0. The Kier molecular flexibility index (Phi) is 13.3. The fraction of sp³-hybridized carbons (Fsp3) is 0.786. The minimum atomic E-state index is -1.64. The number of rotatable bonds is 12. The van der Waals surface area contributed by atoms with Crippen molar-refractivity contribution in [2.75, 3.05) is 0 Å². The summed E-state index contributed by atoms with van der Waals surface area (Å²) in [5, 5.41) is 41.8. The third-order valence-corrected chi connectivity index (χ3v) is 12.5. The predicted molar refractivity (Wildman–Crippen MR) is 221 cm³/mol. The molecule has 0 aliphatic carbocycles. The van der Waals surface area contributed by atoms with E-state index < -0.39 is 87.4 Å². The van der Waals surface area contributed by atoms with Gasteiger partial charge in [0.15, 0.2) is 35.6 Å². The fourth-order valence-electron chi connectivity index (χ4n) is 12.0. The van der Waals surface area contributed by atoms with E-state index in [4.69, 9.17) is 0 Å². The number of aliphatic carboxylic acids is 3. The predicted octanol–water partition coefficient (Wildman–Crippen LogP) is 3.72. The number of carboxylic acid groups (broad SMARTS) is 3. The highest BCUT2D eigenvalue weighted by molar-refractivity contribution is 5.78. The molecule has 0 aromatic carbocycles. The zero-order valence-corrected chi connectivity index (χ0v) is 38.2. The van der Waals surface area contributed by atoms with Crippen LogP contribution in [0.3, 0.4) is 0 Å². The molecule has 4 rings (SSSR count). The lowest BCUT2D eigenvalue weighted by Crippen LogP contribution is -2.65. The summed E-state index contributed by atoms with van der Waals surface area (Å²) < 4.78 is 0. The number of piperidine rings is 3. The van der Waals surface area contributed by atoms with Gasteiger partial charge in [-0.15, -0.1) is 0 Å². The number of carboxylic acids is 3. The molecule has 3 aliphatic rings. The SMILES string of the molecule is CC(=O)N1C(C)(C)CC(NC(C(=O)O)c2nc(C(NC3CC(C)(C)N(C(C)=O)C(C)(C)C3)C(=O)O)nc(C(NC3CC(C)(C)N(C(C)=O)C(C)(C)C3)C(=O)O)n2)CC1(C)C. The smallest absolute Gasteiger partial charge is 0.328 e. The maximum absolute atomic E-state index is 13.2. The van der Waals surface area contributed by atoms with Crippen LogP contribution in [0.15, 0.2) is 0 Å². The third-order valence-electron chi connectivity index (χ3n) is 12.5. The van der Waals surface area contributed by atoms with Gasteiger partial charge in [0.05, 0.1) is 0 Å². The van der Waals surface area contributed by atoms with Gasteiger partial charge in [0.25, 0.3) is 0 Å². The first-order chi connectivity index (χ1) is 27.1. The summed E-state index contributed by atoms with van der Waals surface area (Å²) in [4.78, 5) is 96.8. The molecule has 18 nitrogen and oxygen atoms in total. The monoisotopic (exact) mass is 844 g/mol. The molecule has 3 fully saturated rings. The van der Waals surface area contributed by atoms with Crippen LogP contribution in [-0.4, -0.2) is 132 Å². The van der Waals surface area contributed by atoms with Crippen LogP contribution < -0.4 is 16.0 Å². The zero-order valence-electron chi connectivity index (χ0n) is 38.2. The summed E-state index contributed by atoms with van der Waals surface area (Å²) in [5.74, 6) is -5.68. The first-order valence-corrected chi connectivity index (χ1v) is 20.8. The molecule has 1 aromatic rings. The Morgan fingerprint density at radius 2 is 0.600 bits per heavy atom. The van der Waals surface area contributed by atoms with Gasteiger partial charge in [-0.05, 0) is 122 Å². The highest BCUT2D eigenvalue weighted by Gasteiger charge is 2.51. The van der Waals surface area contributed by atoms with Crippen molar-refractivity contribution in [1.82, 2.24) is 45.6 Å². The maximum Gasteiger partial charge on any atom is 0.328 e. The van der Waals surface area contributed by atoms with Crippen molar-refractivity contribution in [1.29, 1.82) is 0 Å². The van der Waals surface area contributed by atoms with E-state index in [1.54, 1.807) is 14.7 Å². The minimum absolute atomic E-state index is 0.123. The van der Waals surface area contributed by atoms with Crippen molar-refractivity contribution in [3.05, 3.63) is 17.5 Å². The first kappa shape index (κ1) is 48.4. The van der Waals surface area contributed by atoms with Crippen LogP contribution in [0, 0.1) is 0 Å². The number of nitrogens with zero attached hydrogens (tertiary/aromatic N) is 6. The molecule has 0 spiro atoms. The second-order valence-electron chi connectivity index (χ2n) is 21.0. The molecular formula is C42H69N9O9. The Morgan fingerprint density at radius 3 is 0.733 bits per heavy atom. The summed E-state index contributed by atoms with van der Waals surface area (Å²) in [6.45, 7) is 27.3. The topological polar surface area (TPSA) is 248 Å². The number of carbonyl (C=O) groups excluding carboxylic acids is 3. The lowest BCUT2D eigenvalue weighted by Gasteiger charge is -2.55. The molecule has 0 bridgehead atoms. The Labute approximate surface area is 354 Å². The van der Waals surface area contributed by atoms with Gasteiger partial charge >= 0.3 is 17.9 Å². The van der Waals surface area contributed by atoms with E-state index in [0.717, 1.165) is 0 Å². The molecule has 18 heteroatoms. The Balaban J connectivity index is 1.85. The van der Waals surface area contributed by atoms with Crippen LogP contribution in [0.4, 0.5) is 0 Å². The Morgan fingerprint density at radius 1 is 0.433 bits per heavy atom. The summed E-state index contributed by atoms with van der Waals surface area (Å²) in [6.07, 6.45) is 2.16. The van der Waals surface area contributed by atoms with Gasteiger partial charge in [-0.2, -0.15) is 0 Å². The number of nitrogens with one attached hydrogen (secondary N) is 3. The molecule has 0 radical (unpaired) electrons. The summed E-state index contributed by atoms with van der Waals surface area (Å²) in [6, 6.07) is -6.35. The Hall–Kier alpha value is -4.29. The lowest BCUT2D eigenvalue weighted by molar-refractivity contribution is -0.149. The average molecular weight is 844 g/mol. The second kappa shape index (κ2) is 16.5. The van der Waals surface area contributed by atoms with E-state index in [1.165, 1.54) is 20.8 Å². The van der Waals surface area contributed by atoms with Crippen LogP contribution in [0.25, 0.3) is 0 Å². The molecular weight excluding hydrogens is 775 g/mol. The molecule has 1 aromatic heterocycles. The molecule has 3 atom stereocenters. The van der Waals surface area contributed by atoms with Crippen molar-refractivity contribution in [3.63, 3.8) is 0 Å². The van der Waals surface area contributed by atoms with E-state index in [2.05, 4.69) is 30.9 Å². The number of aromatic nitrogens is 3. The molecule has 0 saturated carbocycles. The van der Waals surface area contributed by atoms with Crippen LogP contribution in [-0.2, 0) is 28.8 Å². The van der Waals surface area contributed by atoms with E-state index >= 15 is 0 Å². The highest BCUT2D eigenvalue weighted by atomic mass is 16.4. The maximum atomic E-state index is 13.2. The summed E-state index contributed by atoms with van der Waals surface area (Å²) in [5.41, 5.74) is -4.09. The quantitative estimate of drug-likeness (QED) is 0.176. The summed E-state index contributed by atoms with van der Waals surface area (Å²) >= 11 is 0. The molecule has 336 valence electrons. The van der Waals surface area contributed by atoms with Crippen molar-refractivity contribution >= 4 is 35.6 Å². The van der Waals surface area contributed by atoms with Gasteiger partial charge in [0.1, 0.15) is 0 Å². The van der Waals surface area contributed by atoms with Gasteiger partial charge in [-0.3, -0.25) is 44.7 Å². The van der Waals surface area contributed by atoms with E-state index in [0.29, 0.717) is 38.5 Å². The third kappa shape index (κ3) is 10.1. The molecule has 3 unspecified atom stereocenters. The van der Waals surface area contributed by atoms with Crippen LogP contribution in [0.1, 0.15) is 178 Å². The zero-order chi connectivity index (χ0) is 45.9. The van der Waals surface area contributed by atoms with E-state index in [-0.39, 0.29) is 35.2 Å². The highest BCUT2D eigenvalue weighted by Crippen LogP contribution is 2.42. The molecule has 3 aliphatic heterocycles. The first-order valence-electron chi connectivity index (χ1n) is 20.8.